The molecule has 3 nitrogen and oxygen atoms in total. The fraction of sp³-hybridized carbons (Fsp3) is 0.529. The van der Waals surface area contributed by atoms with Crippen LogP contribution in [0.15, 0.2) is 36.6 Å². The molecule has 0 fully saturated rings. The predicted molar refractivity (Wildman–Crippen MR) is 90.0 cm³/mol. The molecule has 0 aliphatic rings. The van der Waals surface area contributed by atoms with Crippen LogP contribution >= 0.6 is 0 Å². The lowest BCUT2D eigenvalue weighted by Gasteiger charge is -2.26. The molecule has 118 valence electrons. The molecule has 21 heavy (non-hydrogen) atoms. The Labute approximate surface area is 130 Å². The van der Waals surface area contributed by atoms with E-state index in [4.69, 9.17) is 13.9 Å². The van der Waals surface area contributed by atoms with Crippen LogP contribution in [0, 0.1) is 5.92 Å². The fourth-order valence-corrected chi connectivity index (χ4v) is 2.91. The van der Waals surface area contributed by atoms with Crippen molar-refractivity contribution in [3.63, 3.8) is 0 Å². The van der Waals surface area contributed by atoms with E-state index in [0.29, 0.717) is 13.2 Å². The Morgan fingerprint density at radius 2 is 1.81 bits per heavy atom. The Bertz CT molecular complexity index is 434. The van der Waals surface area contributed by atoms with Gasteiger partial charge in [0.05, 0.1) is 26.1 Å². The second kappa shape index (κ2) is 8.25. The van der Waals surface area contributed by atoms with Crippen LogP contribution in [0.1, 0.15) is 18.9 Å². The van der Waals surface area contributed by atoms with Gasteiger partial charge in [-0.05, 0) is 43.8 Å². The van der Waals surface area contributed by atoms with Gasteiger partial charge >= 0.3 is 0 Å². The van der Waals surface area contributed by atoms with Crippen LogP contribution < -0.4 is 4.74 Å². The van der Waals surface area contributed by atoms with E-state index in [0.717, 1.165) is 23.5 Å². The number of hydrogen-bond acceptors (Lipinski definition) is 3. The van der Waals surface area contributed by atoms with Crippen LogP contribution in [0.25, 0.3) is 0 Å². The first-order valence-corrected chi connectivity index (χ1v) is 10.8. The molecule has 0 bridgehead atoms. The standard InChI is InChI=1S/C17H28O3Si/c1-7-16(14(2)20-21(4,5)6)13-19-12-15-8-10-17(18-3)11-9-15/h8-11,16H,2,7,12-13H2,1,3-6H3/t16-/m1/s1. The highest BCUT2D eigenvalue weighted by molar-refractivity contribution is 6.70. The maximum Gasteiger partial charge on any atom is 0.241 e. The molecule has 0 radical (unpaired) electrons. The van der Waals surface area contributed by atoms with Gasteiger partial charge in [-0.2, -0.15) is 0 Å². The van der Waals surface area contributed by atoms with Crippen molar-refractivity contribution in [2.75, 3.05) is 13.7 Å². The van der Waals surface area contributed by atoms with Gasteiger partial charge < -0.3 is 13.9 Å². The van der Waals surface area contributed by atoms with Crippen molar-refractivity contribution < 1.29 is 13.9 Å². The van der Waals surface area contributed by atoms with Crippen molar-refractivity contribution in [1.29, 1.82) is 0 Å². The summed E-state index contributed by atoms with van der Waals surface area (Å²) in [7, 11) is 0.0861. The van der Waals surface area contributed by atoms with E-state index in [2.05, 4.69) is 33.1 Å². The first-order chi connectivity index (χ1) is 9.85. The summed E-state index contributed by atoms with van der Waals surface area (Å²) < 4.78 is 16.9. The minimum Gasteiger partial charge on any atom is -0.547 e. The molecule has 4 heteroatoms. The highest BCUT2D eigenvalue weighted by atomic mass is 28.4. The maximum atomic E-state index is 5.97. The minimum atomic E-state index is -1.58. The number of ether oxygens (including phenoxy) is 2. The molecular formula is C17H28O3Si. The van der Waals surface area contributed by atoms with E-state index in [-0.39, 0.29) is 5.92 Å². The lowest BCUT2D eigenvalue weighted by atomic mass is 10.1. The molecular weight excluding hydrogens is 280 g/mol. The largest absolute Gasteiger partial charge is 0.547 e. The number of methoxy groups -OCH3 is 1. The second-order valence-corrected chi connectivity index (χ2v) is 10.6. The Balaban J connectivity index is 2.42. The third-order valence-corrected chi connectivity index (χ3v) is 4.01. The Morgan fingerprint density at radius 3 is 2.29 bits per heavy atom. The summed E-state index contributed by atoms with van der Waals surface area (Å²) in [6.45, 7) is 14.0. The molecule has 1 aromatic rings. The van der Waals surface area contributed by atoms with E-state index in [1.807, 2.05) is 24.3 Å². The molecule has 1 aromatic carbocycles. The number of hydrogen-bond donors (Lipinski definition) is 0. The maximum absolute atomic E-state index is 5.97. The zero-order chi connectivity index (χ0) is 15.9. The molecule has 1 rings (SSSR count). The first-order valence-electron chi connectivity index (χ1n) is 7.44. The summed E-state index contributed by atoms with van der Waals surface area (Å²) in [6.07, 6.45) is 0.978. The van der Waals surface area contributed by atoms with Crippen LogP contribution in [0.2, 0.25) is 19.6 Å². The molecule has 0 aliphatic heterocycles. The quantitative estimate of drug-likeness (QED) is 0.493. The van der Waals surface area contributed by atoms with E-state index < -0.39 is 8.32 Å². The third-order valence-electron chi connectivity index (χ3n) is 3.13. The molecule has 0 aliphatic carbocycles. The highest BCUT2D eigenvalue weighted by Gasteiger charge is 2.21. The first kappa shape index (κ1) is 17.8. The van der Waals surface area contributed by atoms with Crippen LogP contribution in [-0.2, 0) is 15.8 Å². The van der Waals surface area contributed by atoms with Crippen molar-refractivity contribution in [2.45, 2.75) is 39.6 Å². The van der Waals surface area contributed by atoms with Crippen LogP contribution in [0.4, 0.5) is 0 Å². The summed E-state index contributed by atoms with van der Waals surface area (Å²) in [6, 6.07) is 7.94. The summed E-state index contributed by atoms with van der Waals surface area (Å²) in [4.78, 5) is 0. The van der Waals surface area contributed by atoms with Gasteiger partial charge in [0.25, 0.3) is 0 Å². The van der Waals surface area contributed by atoms with E-state index in [9.17, 15) is 0 Å². The lowest BCUT2D eigenvalue weighted by Crippen LogP contribution is -2.28. The average Bonchev–Trinajstić information content (AvgIpc) is 2.42. The molecule has 1 atom stereocenters. The van der Waals surface area contributed by atoms with Crippen LogP contribution in [-0.4, -0.2) is 22.0 Å². The summed E-state index contributed by atoms with van der Waals surface area (Å²) in [5, 5.41) is 0. The molecule has 0 N–H and O–H groups in total. The third kappa shape index (κ3) is 6.82. The Hall–Kier alpha value is -1.26. The van der Waals surface area contributed by atoms with Gasteiger partial charge in [-0.25, -0.2) is 0 Å². The monoisotopic (exact) mass is 308 g/mol. The van der Waals surface area contributed by atoms with Crippen LogP contribution in [0.5, 0.6) is 5.75 Å². The molecule has 0 heterocycles. The van der Waals surface area contributed by atoms with E-state index in [1.54, 1.807) is 7.11 Å². The van der Waals surface area contributed by atoms with Gasteiger partial charge in [0, 0.05) is 5.92 Å². The Morgan fingerprint density at radius 1 is 1.19 bits per heavy atom. The van der Waals surface area contributed by atoms with Gasteiger partial charge in [0.1, 0.15) is 5.75 Å². The predicted octanol–water partition coefficient (Wildman–Crippen LogP) is 4.60. The Kier molecular flexibility index (Phi) is 6.98. The van der Waals surface area contributed by atoms with Crippen molar-refractivity contribution in [1.82, 2.24) is 0 Å². The molecule has 0 aromatic heterocycles. The summed E-state index contributed by atoms with van der Waals surface area (Å²) in [5.74, 6) is 1.99. The summed E-state index contributed by atoms with van der Waals surface area (Å²) >= 11 is 0. The van der Waals surface area contributed by atoms with Crippen molar-refractivity contribution in [3.05, 3.63) is 42.2 Å². The lowest BCUT2D eigenvalue weighted by molar-refractivity contribution is 0.0843. The molecule has 0 saturated heterocycles. The smallest absolute Gasteiger partial charge is 0.241 e. The number of rotatable bonds is 9. The minimum absolute atomic E-state index is 0.259. The highest BCUT2D eigenvalue weighted by Crippen LogP contribution is 2.20. The van der Waals surface area contributed by atoms with Crippen LogP contribution in [0.3, 0.4) is 0 Å². The zero-order valence-electron chi connectivity index (χ0n) is 13.9. The van der Waals surface area contributed by atoms with Crippen molar-refractivity contribution in [2.24, 2.45) is 5.92 Å². The molecule has 0 spiro atoms. The van der Waals surface area contributed by atoms with E-state index in [1.165, 1.54) is 0 Å². The van der Waals surface area contributed by atoms with Gasteiger partial charge in [0.2, 0.25) is 8.32 Å². The molecule has 0 saturated carbocycles. The normalized spacial score (nSPS) is 12.8. The van der Waals surface area contributed by atoms with Gasteiger partial charge in [-0.3, -0.25) is 0 Å². The fourth-order valence-electron chi connectivity index (χ4n) is 1.96. The van der Waals surface area contributed by atoms with Gasteiger partial charge in [-0.15, -0.1) is 0 Å². The van der Waals surface area contributed by atoms with Crippen molar-refractivity contribution in [3.8, 4) is 5.75 Å². The van der Waals surface area contributed by atoms with E-state index >= 15 is 0 Å². The van der Waals surface area contributed by atoms with Gasteiger partial charge in [0.15, 0.2) is 0 Å². The number of benzene rings is 1. The molecule has 0 unspecified atom stereocenters. The topological polar surface area (TPSA) is 27.7 Å². The zero-order valence-corrected chi connectivity index (χ0v) is 14.9. The second-order valence-electron chi connectivity index (χ2n) is 6.15. The SMILES string of the molecule is C=C(O[Si](C)(C)C)[C@H](CC)COCc1ccc(OC)cc1. The van der Waals surface area contributed by atoms with Crippen molar-refractivity contribution >= 4 is 8.32 Å². The average molecular weight is 308 g/mol. The molecule has 0 amide bonds. The van der Waals surface area contributed by atoms with Gasteiger partial charge in [-0.1, -0.05) is 25.6 Å². The summed E-state index contributed by atoms with van der Waals surface area (Å²) in [5.41, 5.74) is 1.14.